The second kappa shape index (κ2) is 7.92. The summed E-state index contributed by atoms with van der Waals surface area (Å²) in [6.45, 7) is 1.35. The van der Waals surface area contributed by atoms with Gasteiger partial charge >= 0.3 is 11.9 Å². The third-order valence-electron chi connectivity index (χ3n) is 2.93. The van der Waals surface area contributed by atoms with Crippen LogP contribution in [-0.2, 0) is 14.3 Å². The Hall–Kier alpha value is -2.70. The molecule has 0 aliphatic heterocycles. The van der Waals surface area contributed by atoms with E-state index in [1.807, 2.05) is 0 Å². The zero-order valence-electron chi connectivity index (χ0n) is 12.3. The summed E-state index contributed by atoms with van der Waals surface area (Å²) in [5, 5.41) is 11.4. The highest BCUT2D eigenvalue weighted by Gasteiger charge is 2.21. The summed E-state index contributed by atoms with van der Waals surface area (Å²) >= 11 is 0. The van der Waals surface area contributed by atoms with Gasteiger partial charge in [-0.2, -0.15) is 0 Å². The number of carbonyl (C=O) groups is 4. The maximum absolute atomic E-state index is 12.1. The molecule has 2 N–H and O–H groups in total. The first-order valence-corrected chi connectivity index (χ1v) is 6.56. The first-order chi connectivity index (χ1) is 10.3. The monoisotopic (exact) mass is 307 g/mol. The molecule has 0 saturated carbocycles. The van der Waals surface area contributed by atoms with E-state index in [0.717, 1.165) is 0 Å². The highest BCUT2D eigenvalue weighted by atomic mass is 16.5. The number of carboxylic acids is 1. The van der Waals surface area contributed by atoms with Gasteiger partial charge in [-0.25, -0.2) is 9.59 Å². The third kappa shape index (κ3) is 5.01. The van der Waals surface area contributed by atoms with Crippen LogP contribution in [0, 0.1) is 0 Å². The van der Waals surface area contributed by atoms with E-state index in [0.29, 0.717) is 0 Å². The van der Waals surface area contributed by atoms with Crippen LogP contribution in [0.1, 0.15) is 40.5 Å². The van der Waals surface area contributed by atoms with E-state index in [2.05, 4.69) is 10.1 Å². The van der Waals surface area contributed by atoms with Crippen LogP contribution in [0.15, 0.2) is 24.3 Å². The van der Waals surface area contributed by atoms with Gasteiger partial charge in [-0.3, -0.25) is 4.79 Å². The highest BCUT2D eigenvalue weighted by molar-refractivity contribution is 5.99. The minimum absolute atomic E-state index is 0.00704. The van der Waals surface area contributed by atoms with Crippen molar-refractivity contribution in [2.45, 2.75) is 25.8 Å². The van der Waals surface area contributed by atoms with Crippen molar-refractivity contribution in [2.24, 2.45) is 0 Å². The van der Waals surface area contributed by atoms with Gasteiger partial charge in [0.15, 0.2) is 0 Å². The van der Waals surface area contributed by atoms with Gasteiger partial charge in [0.1, 0.15) is 11.8 Å². The van der Waals surface area contributed by atoms with E-state index >= 15 is 0 Å². The molecule has 118 valence electrons. The van der Waals surface area contributed by atoms with E-state index < -0.39 is 23.9 Å². The summed E-state index contributed by atoms with van der Waals surface area (Å²) < 4.78 is 4.55. The average Bonchev–Trinajstić information content (AvgIpc) is 2.49. The standard InChI is InChI=1S/C15H17NO6/c1-9(17)6-7-12(14(19)20)16-13(18)10-4-3-5-11(8-10)15(21)22-2/h3-5,8,12H,6-7H2,1-2H3,(H,16,18)(H,19,20)/t12-/m1/s1. The fourth-order valence-electron chi connectivity index (χ4n) is 1.75. The van der Waals surface area contributed by atoms with Crippen LogP contribution in [0.5, 0.6) is 0 Å². The van der Waals surface area contributed by atoms with Gasteiger partial charge < -0.3 is 20.0 Å². The number of carbonyl (C=O) groups excluding carboxylic acids is 3. The first kappa shape index (κ1) is 17.4. The van der Waals surface area contributed by atoms with E-state index in [1.54, 1.807) is 0 Å². The lowest BCUT2D eigenvalue weighted by molar-refractivity contribution is -0.139. The molecule has 0 bridgehead atoms. The Morgan fingerprint density at radius 1 is 1.23 bits per heavy atom. The van der Waals surface area contributed by atoms with Crippen LogP contribution in [0.3, 0.4) is 0 Å². The summed E-state index contributed by atoms with van der Waals surface area (Å²) in [5.41, 5.74) is 0.322. The molecule has 0 aromatic heterocycles. The topological polar surface area (TPSA) is 110 Å². The average molecular weight is 307 g/mol. The van der Waals surface area contributed by atoms with Crippen LogP contribution in [0.2, 0.25) is 0 Å². The van der Waals surface area contributed by atoms with Gasteiger partial charge in [0, 0.05) is 12.0 Å². The van der Waals surface area contributed by atoms with Gasteiger partial charge in [0.2, 0.25) is 0 Å². The minimum atomic E-state index is -1.22. The molecule has 7 nitrogen and oxygen atoms in total. The van der Waals surface area contributed by atoms with Crippen molar-refractivity contribution in [3.8, 4) is 0 Å². The number of carboxylic acid groups (broad SMARTS) is 1. The number of aliphatic carboxylic acids is 1. The van der Waals surface area contributed by atoms with Gasteiger partial charge in [0.05, 0.1) is 12.7 Å². The molecule has 0 spiro atoms. The Kier molecular flexibility index (Phi) is 6.25. The highest BCUT2D eigenvalue weighted by Crippen LogP contribution is 2.08. The van der Waals surface area contributed by atoms with E-state index in [-0.39, 0.29) is 29.8 Å². The lowest BCUT2D eigenvalue weighted by atomic mass is 10.1. The largest absolute Gasteiger partial charge is 0.480 e. The molecular formula is C15H17NO6. The number of amides is 1. The van der Waals surface area contributed by atoms with Crippen LogP contribution >= 0.6 is 0 Å². The lowest BCUT2D eigenvalue weighted by Gasteiger charge is -2.14. The SMILES string of the molecule is COC(=O)c1cccc(C(=O)N[C@H](CCC(C)=O)C(=O)O)c1. The Bertz CT molecular complexity index is 595. The number of rotatable bonds is 7. The number of nitrogens with one attached hydrogen (secondary N) is 1. The molecule has 1 aromatic rings. The Morgan fingerprint density at radius 2 is 1.86 bits per heavy atom. The lowest BCUT2D eigenvalue weighted by Crippen LogP contribution is -2.41. The summed E-state index contributed by atoms with van der Waals surface area (Å²) in [4.78, 5) is 45.5. The third-order valence-corrected chi connectivity index (χ3v) is 2.93. The number of hydrogen-bond donors (Lipinski definition) is 2. The number of benzene rings is 1. The Morgan fingerprint density at radius 3 is 2.41 bits per heavy atom. The second-order valence-electron chi connectivity index (χ2n) is 4.68. The van der Waals surface area contributed by atoms with Crippen LogP contribution in [-0.4, -0.2) is 41.9 Å². The Balaban J connectivity index is 2.83. The van der Waals surface area contributed by atoms with E-state index in [4.69, 9.17) is 5.11 Å². The van der Waals surface area contributed by atoms with Crippen LogP contribution in [0.25, 0.3) is 0 Å². The molecule has 1 amide bonds. The molecule has 7 heteroatoms. The predicted molar refractivity (Wildman–Crippen MR) is 76.6 cm³/mol. The van der Waals surface area contributed by atoms with Gasteiger partial charge in [-0.15, -0.1) is 0 Å². The van der Waals surface area contributed by atoms with Gasteiger partial charge in [-0.05, 0) is 31.5 Å². The quantitative estimate of drug-likeness (QED) is 0.728. The van der Waals surface area contributed by atoms with Gasteiger partial charge in [-0.1, -0.05) is 6.07 Å². The first-order valence-electron chi connectivity index (χ1n) is 6.56. The summed E-state index contributed by atoms with van der Waals surface area (Å²) in [5.74, 6) is -2.62. The second-order valence-corrected chi connectivity index (χ2v) is 4.68. The van der Waals surface area contributed by atoms with Crippen molar-refractivity contribution < 1.29 is 29.0 Å². The number of methoxy groups -OCH3 is 1. The van der Waals surface area contributed by atoms with Crippen LogP contribution < -0.4 is 5.32 Å². The molecular weight excluding hydrogens is 290 g/mol. The van der Waals surface area contributed by atoms with E-state index in [1.165, 1.54) is 38.3 Å². The number of esters is 1. The van der Waals surface area contributed by atoms with Crippen molar-refractivity contribution >= 4 is 23.6 Å². The van der Waals surface area contributed by atoms with Crippen molar-refractivity contribution in [3.63, 3.8) is 0 Å². The molecule has 1 rings (SSSR count). The molecule has 0 radical (unpaired) electrons. The fraction of sp³-hybridized carbons (Fsp3) is 0.333. The maximum Gasteiger partial charge on any atom is 0.337 e. The molecule has 0 aliphatic carbocycles. The van der Waals surface area contributed by atoms with Crippen molar-refractivity contribution in [1.29, 1.82) is 0 Å². The maximum atomic E-state index is 12.1. The molecule has 1 atom stereocenters. The molecule has 0 saturated heterocycles. The van der Waals surface area contributed by atoms with Crippen molar-refractivity contribution in [3.05, 3.63) is 35.4 Å². The molecule has 0 heterocycles. The molecule has 22 heavy (non-hydrogen) atoms. The fourth-order valence-corrected chi connectivity index (χ4v) is 1.75. The molecule has 0 fully saturated rings. The zero-order valence-corrected chi connectivity index (χ0v) is 12.3. The predicted octanol–water partition coefficient (Wildman–Crippen LogP) is 1.03. The van der Waals surface area contributed by atoms with Gasteiger partial charge in [0.25, 0.3) is 5.91 Å². The van der Waals surface area contributed by atoms with Crippen LogP contribution in [0.4, 0.5) is 0 Å². The minimum Gasteiger partial charge on any atom is -0.480 e. The number of Topliss-reactive ketones (excluding diaryl/α,β-unsaturated/α-hetero) is 1. The number of ether oxygens (including phenoxy) is 1. The zero-order chi connectivity index (χ0) is 16.7. The molecule has 0 unspecified atom stereocenters. The number of hydrogen-bond acceptors (Lipinski definition) is 5. The Labute approximate surface area is 127 Å². The molecule has 1 aromatic carbocycles. The molecule has 0 aliphatic rings. The van der Waals surface area contributed by atoms with E-state index in [9.17, 15) is 19.2 Å². The normalized spacial score (nSPS) is 11.4. The van der Waals surface area contributed by atoms with Crippen molar-refractivity contribution in [2.75, 3.05) is 7.11 Å². The smallest absolute Gasteiger partial charge is 0.337 e. The summed E-state index contributed by atoms with van der Waals surface area (Å²) in [6.07, 6.45) is 0.0620. The van der Waals surface area contributed by atoms with Crippen molar-refractivity contribution in [1.82, 2.24) is 5.32 Å². The summed E-state index contributed by atoms with van der Waals surface area (Å²) in [6, 6.07) is 4.56. The number of ketones is 1. The summed E-state index contributed by atoms with van der Waals surface area (Å²) in [7, 11) is 1.22.